The lowest BCUT2D eigenvalue weighted by Crippen LogP contribution is -2.30. The zero-order valence-electron chi connectivity index (χ0n) is 16.4. The van der Waals surface area contributed by atoms with Gasteiger partial charge in [0.2, 0.25) is 15.8 Å². The fourth-order valence-electron chi connectivity index (χ4n) is 2.76. The molecule has 0 unspecified atom stereocenters. The van der Waals surface area contributed by atoms with Crippen LogP contribution < -0.4 is 0 Å². The summed E-state index contributed by atoms with van der Waals surface area (Å²) in [6, 6.07) is 13.1. The van der Waals surface area contributed by atoms with Crippen molar-refractivity contribution in [3.63, 3.8) is 0 Å². The first kappa shape index (κ1) is 21.9. The standard InChI is InChI=1S/C20H20ClN3O5S/c1-3-24(4-2)30(26,27)15-10-11-17(21)16(12-15)20(25)28-13-18-22-19(23-29-18)14-8-6-5-7-9-14/h5-12H,3-4,13H2,1-2H3. The van der Waals surface area contributed by atoms with Crippen molar-refractivity contribution in [1.29, 1.82) is 0 Å². The first-order chi connectivity index (χ1) is 14.4. The Balaban J connectivity index is 1.75. The lowest BCUT2D eigenvalue weighted by atomic mass is 10.2. The van der Waals surface area contributed by atoms with Crippen LogP contribution in [0.1, 0.15) is 30.1 Å². The molecule has 0 aliphatic heterocycles. The van der Waals surface area contributed by atoms with E-state index in [0.717, 1.165) is 5.56 Å². The molecule has 158 valence electrons. The van der Waals surface area contributed by atoms with Crippen LogP contribution in [0.25, 0.3) is 11.4 Å². The van der Waals surface area contributed by atoms with Gasteiger partial charge in [0, 0.05) is 18.7 Å². The Morgan fingerprint density at radius 1 is 1.13 bits per heavy atom. The highest BCUT2D eigenvalue weighted by molar-refractivity contribution is 7.89. The van der Waals surface area contributed by atoms with E-state index in [4.69, 9.17) is 20.9 Å². The van der Waals surface area contributed by atoms with Crippen LogP contribution in [-0.4, -0.2) is 41.9 Å². The van der Waals surface area contributed by atoms with Crippen molar-refractivity contribution < 1.29 is 22.5 Å². The maximum absolute atomic E-state index is 12.7. The molecule has 0 atom stereocenters. The van der Waals surface area contributed by atoms with Crippen LogP contribution in [0, 0.1) is 0 Å². The Hall–Kier alpha value is -2.75. The van der Waals surface area contributed by atoms with Gasteiger partial charge in [0.1, 0.15) is 0 Å². The van der Waals surface area contributed by atoms with E-state index in [1.807, 2.05) is 30.3 Å². The van der Waals surface area contributed by atoms with E-state index in [1.165, 1.54) is 22.5 Å². The van der Waals surface area contributed by atoms with Crippen LogP contribution in [0.15, 0.2) is 57.9 Å². The molecule has 0 aliphatic rings. The van der Waals surface area contributed by atoms with E-state index in [-0.39, 0.29) is 28.0 Å². The third-order valence-corrected chi connectivity index (χ3v) is 6.70. The zero-order valence-corrected chi connectivity index (χ0v) is 18.0. The monoisotopic (exact) mass is 449 g/mol. The van der Waals surface area contributed by atoms with Crippen LogP contribution in [0.3, 0.4) is 0 Å². The predicted molar refractivity (Wildman–Crippen MR) is 110 cm³/mol. The second kappa shape index (κ2) is 9.38. The normalized spacial score (nSPS) is 11.6. The number of nitrogens with zero attached hydrogens (tertiary/aromatic N) is 3. The third-order valence-electron chi connectivity index (χ3n) is 4.33. The number of aromatic nitrogens is 2. The Morgan fingerprint density at radius 3 is 2.50 bits per heavy atom. The third kappa shape index (κ3) is 4.69. The maximum Gasteiger partial charge on any atom is 0.340 e. The van der Waals surface area contributed by atoms with Crippen molar-refractivity contribution in [3.05, 3.63) is 65.0 Å². The Morgan fingerprint density at radius 2 is 1.83 bits per heavy atom. The van der Waals surface area contributed by atoms with Gasteiger partial charge in [0.25, 0.3) is 5.89 Å². The van der Waals surface area contributed by atoms with E-state index < -0.39 is 16.0 Å². The summed E-state index contributed by atoms with van der Waals surface area (Å²) in [4.78, 5) is 16.6. The topological polar surface area (TPSA) is 103 Å². The van der Waals surface area contributed by atoms with E-state index >= 15 is 0 Å². The Kier molecular flexibility index (Phi) is 6.86. The molecule has 30 heavy (non-hydrogen) atoms. The second-order valence-electron chi connectivity index (χ2n) is 6.18. The first-order valence-corrected chi connectivity index (χ1v) is 11.0. The zero-order chi connectivity index (χ0) is 21.7. The lowest BCUT2D eigenvalue weighted by Gasteiger charge is -2.18. The molecular weight excluding hydrogens is 430 g/mol. The highest BCUT2D eigenvalue weighted by atomic mass is 35.5. The predicted octanol–water partition coefficient (Wildman–Crippen LogP) is 3.78. The van der Waals surface area contributed by atoms with Crippen molar-refractivity contribution in [2.45, 2.75) is 25.3 Å². The average Bonchev–Trinajstić information content (AvgIpc) is 3.22. The number of esters is 1. The lowest BCUT2D eigenvalue weighted by molar-refractivity contribution is 0.0429. The largest absolute Gasteiger partial charge is 0.452 e. The summed E-state index contributed by atoms with van der Waals surface area (Å²) in [5.41, 5.74) is 0.698. The van der Waals surface area contributed by atoms with Crippen molar-refractivity contribution in [2.24, 2.45) is 0 Å². The molecule has 0 radical (unpaired) electrons. The number of rotatable bonds is 8. The molecule has 0 saturated carbocycles. The number of benzene rings is 2. The summed E-state index contributed by atoms with van der Waals surface area (Å²) in [5.74, 6) is -0.326. The van der Waals surface area contributed by atoms with Gasteiger partial charge in [0.05, 0.1) is 15.5 Å². The molecule has 1 aromatic heterocycles. The fraction of sp³-hybridized carbons (Fsp3) is 0.250. The Labute approximate surface area is 179 Å². The van der Waals surface area contributed by atoms with Crippen molar-refractivity contribution >= 4 is 27.6 Å². The van der Waals surface area contributed by atoms with Gasteiger partial charge in [-0.2, -0.15) is 9.29 Å². The van der Waals surface area contributed by atoms with E-state index in [2.05, 4.69) is 10.1 Å². The summed E-state index contributed by atoms with van der Waals surface area (Å²) in [7, 11) is -3.74. The van der Waals surface area contributed by atoms with Gasteiger partial charge >= 0.3 is 5.97 Å². The van der Waals surface area contributed by atoms with Gasteiger partial charge < -0.3 is 9.26 Å². The summed E-state index contributed by atoms with van der Waals surface area (Å²) in [5, 5.41) is 3.93. The minimum atomic E-state index is -3.74. The van der Waals surface area contributed by atoms with Gasteiger partial charge in [-0.1, -0.05) is 60.9 Å². The summed E-state index contributed by atoms with van der Waals surface area (Å²) in [6.45, 7) is 3.81. The SMILES string of the molecule is CCN(CC)S(=O)(=O)c1ccc(Cl)c(C(=O)OCc2nc(-c3ccccc3)no2)c1. The molecule has 0 aliphatic carbocycles. The summed E-state index contributed by atoms with van der Waals surface area (Å²) < 4.78 is 37.0. The molecular formula is C20H20ClN3O5S. The van der Waals surface area contributed by atoms with E-state index in [1.54, 1.807) is 13.8 Å². The molecule has 3 aromatic rings. The molecule has 0 saturated heterocycles. The van der Waals surface area contributed by atoms with E-state index in [0.29, 0.717) is 18.9 Å². The van der Waals surface area contributed by atoms with Crippen molar-refractivity contribution in [2.75, 3.05) is 13.1 Å². The van der Waals surface area contributed by atoms with Crippen molar-refractivity contribution in [1.82, 2.24) is 14.4 Å². The molecule has 0 fully saturated rings. The average molecular weight is 450 g/mol. The first-order valence-electron chi connectivity index (χ1n) is 9.21. The molecule has 10 heteroatoms. The van der Waals surface area contributed by atoms with Gasteiger partial charge in [-0.05, 0) is 18.2 Å². The minimum Gasteiger partial charge on any atom is -0.452 e. The number of hydrogen-bond acceptors (Lipinski definition) is 7. The molecule has 0 spiro atoms. The number of halogens is 1. The van der Waals surface area contributed by atoms with Gasteiger partial charge in [-0.25, -0.2) is 13.2 Å². The van der Waals surface area contributed by atoms with Crippen molar-refractivity contribution in [3.8, 4) is 11.4 Å². The second-order valence-corrected chi connectivity index (χ2v) is 8.53. The minimum absolute atomic E-state index is 0.0355. The summed E-state index contributed by atoms with van der Waals surface area (Å²) >= 11 is 6.09. The van der Waals surface area contributed by atoms with Gasteiger partial charge in [-0.3, -0.25) is 0 Å². The molecule has 8 nitrogen and oxygen atoms in total. The highest BCUT2D eigenvalue weighted by Gasteiger charge is 2.24. The van der Waals surface area contributed by atoms with Crippen LogP contribution in [0.2, 0.25) is 5.02 Å². The van der Waals surface area contributed by atoms with Gasteiger partial charge in [-0.15, -0.1) is 0 Å². The van der Waals surface area contributed by atoms with E-state index in [9.17, 15) is 13.2 Å². The Bertz CT molecular complexity index is 1130. The molecule has 1 heterocycles. The van der Waals surface area contributed by atoms with Crippen LogP contribution in [0.4, 0.5) is 0 Å². The number of hydrogen-bond donors (Lipinski definition) is 0. The molecule has 0 bridgehead atoms. The molecule has 3 rings (SSSR count). The summed E-state index contributed by atoms with van der Waals surface area (Å²) in [6.07, 6.45) is 0. The quantitative estimate of drug-likeness (QED) is 0.482. The van der Waals surface area contributed by atoms with Gasteiger partial charge in [0.15, 0.2) is 6.61 Å². The number of sulfonamides is 1. The number of carbonyl (C=O) groups is 1. The van der Waals surface area contributed by atoms with Crippen LogP contribution in [-0.2, 0) is 21.4 Å². The number of ether oxygens (including phenoxy) is 1. The smallest absolute Gasteiger partial charge is 0.340 e. The molecule has 2 aromatic carbocycles. The number of carbonyl (C=O) groups excluding carboxylic acids is 1. The molecule has 0 N–H and O–H groups in total. The highest BCUT2D eigenvalue weighted by Crippen LogP contribution is 2.24. The van der Waals surface area contributed by atoms with Crippen LogP contribution >= 0.6 is 11.6 Å². The molecule has 0 amide bonds. The maximum atomic E-state index is 12.7. The van der Waals surface area contributed by atoms with Crippen LogP contribution in [0.5, 0.6) is 0 Å². The fourth-order valence-corrected chi connectivity index (χ4v) is 4.44.